The van der Waals surface area contributed by atoms with Crippen molar-refractivity contribution >= 4 is 17.7 Å². The van der Waals surface area contributed by atoms with Crippen LogP contribution in [0.15, 0.2) is 11.6 Å². The smallest absolute Gasteiger partial charge is 0.309 e. The van der Waals surface area contributed by atoms with Gasteiger partial charge in [-0.25, -0.2) is 0 Å². The van der Waals surface area contributed by atoms with E-state index in [1.165, 1.54) is 7.11 Å². The molecule has 168 valence electrons. The summed E-state index contributed by atoms with van der Waals surface area (Å²) in [6, 6.07) is 0. The van der Waals surface area contributed by atoms with Crippen LogP contribution in [0.3, 0.4) is 0 Å². The first-order valence-electron chi connectivity index (χ1n) is 11.9. The molecule has 1 saturated heterocycles. The maximum atomic E-state index is 13.1. The number of hydrogen-bond acceptors (Lipinski definition) is 6. The Morgan fingerprint density at radius 2 is 1.94 bits per heavy atom. The highest BCUT2D eigenvalue weighted by Crippen LogP contribution is 2.85. The molecule has 5 fully saturated rings. The zero-order chi connectivity index (χ0) is 22.0. The van der Waals surface area contributed by atoms with E-state index in [9.17, 15) is 19.5 Å². The molecule has 6 aliphatic rings. The number of aliphatic hydroxyl groups is 1. The lowest BCUT2D eigenvalue weighted by Crippen LogP contribution is -2.64. The van der Waals surface area contributed by atoms with Gasteiger partial charge in [0.25, 0.3) is 0 Å². The Kier molecular flexibility index (Phi) is 3.74. The average molecular weight is 429 g/mol. The van der Waals surface area contributed by atoms with Gasteiger partial charge in [-0.15, -0.1) is 0 Å². The van der Waals surface area contributed by atoms with E-state index in [0.29, 0.717) is 25.7 Å². The molecule has 6 heteroatoms. The van der Waals surface area contributed by atoms with Gasteiger partial charge >= 0.3 is 11.9 Å². The van der Waals surface area contributed by atoms with E-state index in [0.717, 1.165) is 31.3 Å². The molecule has 6 nitrogen and oxygen atoms in total. The summed E-state index contributed by atoms with van der Waals surface area (Å²) in [5, 5.41) is 11.8. The van der Waals surface area contributed by atoms with Crippen molar-refractivity contribution in [3.63, 3.8) is 0 Å². The number of hydrogen-bond donors (Lipinski definition) is 1. The zero-order valence-corrected chi connectivity index (χ0v) is 18.6. The van der Waals surface area contributed by atoms with Gasteiger partial charge in [0, 0.05) is 18.3 Å². The second-order valence-corrected chi connectivity index (χ2v) is 11.5. The molecule has 0 aromatic heterocycles. The molecule has 9 atom stereocenters. The first kappa shape index (κ1) is 20.0. The quantitative estimate of drug-likeness (QED) is 0.646. The minimum absolute atomic E-state index is 0.0575. The third-order valence-corrected chi connectivity index (χ3v) is 11.1. The molecule has 0 bridgehead atoms. The summed E-state index contributed by atoms with van der Waals surface area (Å²) < 4.78 is 11.3. The van der Waals surface area contributed by atoms with Crippen molar-refractivity contribution in [1.29, 1.82) is 0 Å². The maximum absolute atomic E-state index is 13.1. The first-order valence-corrected chi connectivity index (χ1v) is 11.9. The van der Waals surface area contributed by atoms with Crippen molar-refractivity contribution in [3.05, 3.63) is 11.6 Å². The highest BCUT2D eigenvalue weighted by atomic mass is 16.6. The fourth-order valence-corrected chi connectivity index (χ4v) is 9.54. The Labute approximate surface area is 182 Å². The van der Waals surface area contributed by atoms with Gasteiger partial charge in [-0.3, -0.25) is 14.4 Å². The van der Waals surface area contributed by atoms with Gasteiger partial charge in [0.1, 0.15) is 5.60 Å². The number of carbonyl (C=O) groups excluding carboxylic acids is 3. The van der Waals surface area contributed by atoms with Crippen molar-refractivity contribution in [1.82, 2.24) is 0 Å². The zero-order valence-electron chi connectivity index (χ0n) is 18.6. The van der Waals surface area contributed by atoms with Gasteiger partial charge in [0.15, 0.2) is 5.78 Å². The van der Waals surface area contributed by atoms with Crippen molar-refractivity contribution in [3.8, 4) is 0 Å². The highest BCUT2D eigenvalue weighted by molar-refractivity contribution is 5.92. The normalized spacial score (nSPS) is 54.3. The molecule has 1 aliphatic heterocycles. The van der Waals surface area contributed by atoms with E-state index in [4.69, 9.17) is 9.47 Å². The Balaban J connectivity index is 1.52. The van der Waals surface area contributed by atoms with E-state index >= 15 is 0 Å². The van der Waals surface area contributed by atoms with Crippen LogP contribution in [-0.4, -0.2) is 41.6 Å². The summed E-state index contributed by atoms with van der Waals surface area (Å²) in [7, 11) is 1.44. The van der Waals surface area contributed by atoms with Crippen molar-refractivity contribution in [2.24, 2.45) is 39.9 Å². The lowest BCUT2D eigenvalue weighted by atomic mass is 9.42. The van der Waals surface area contributed by atoms with Crippen LogP contribution >= 0.6 is 0 Å². The Hall–Kier alpha value is -1.69. The van der Waals surface area contributed by atoms with Crippen LogP contribution in [0, 0.1) is 39.9 Å². The van der Waals surface area contributed by atoms with Crippen LogP contribution in [0.1, 0.15) is 65.2 Å². The molecular weight excluding hydrogens is 396 g/mol. The predicted molar refractivity (Wildman–Crippen MR) is 109 cm³/mol. The number of ketones is 1. The van der Waals surface area contributed by atoms with Crippen molar-refractivity contribution < 1.29 is 29.0 Å². The molecule has 0 radical (unpaired) electrons. The number of rotatable bonds is 1. The topological polar surface area (TPSA) is 89.9 Å². The summed E-state index contributed by atoms with van der Waals surface area (Å²) in [5.74, 6) is -0.329. The van der Waals surface area contributed by atoms with Gasteiger partial charge in [0.2, 0.25) is 0 Å². The molecule has 1 N–H and O–H groups in total. The minimum Gasteiger partial charge on any atom is -0.469 e. The molecular formula is C25H32O6. The van der Waals surface area contributed by atoms with Gasteiger partial charge in [-0.2, -0.15) is 0 Å². The molecule has 0 aromatic carbocycles. The number of methoxy groups -OCH3 is 1. The highest BCUT2D eigenvalue weighted by Gasteiger charge is 2.84. The molecule has 31 heavy (non-hydrogen) atoms. The number of carbonyl (C=O) groups is 3. The summed E-state index contributed by atoms with van der Waals surface area (Å²) in [4.78, 5) is 37.6. The summed E-state index contributed by atoms with van der Waals surface area (Å²) in [6.45, 7) is 4.38. The third-order valence-electron chi connectivity index (χ3n) is 11.1. The van der Waals surface area contributed by atoms with Crippen LogP contribution in [-0.2, 0) is 23.9 Å². The second-order valence-electron chi connectivity index (χ2n) is 11.5. The Morgan fingerprint density at radius 3 is 2.61 bits per heavy atom. The standard InChI is InChI=1S/C25H32O6/c1-22-7-4-14(26)10-13(22)11-15(21(29)30-3)19-16-5-8-24(9-6-18(27)31-24)23(16,2)20(28)17-12-25(17,19)22/h10,15-17,19-20,28H,4-9,11-12H2,1-3H3/t15-,16?,17-,19?,20?,22?,23?,24-,25+/m1/s1. The number of allylic oxidation sites excluding steroid dienone is 1. The SMILES string of the molecule is COC(=O)[C@@H]1CC2=CC(=O)CCC2(C)[C@@]23C[C@@H]2C(O)C2(C)C(CC[C@@]24CCC(=O)O4)C13. The predicted octanol–water partition coefficient (Wildman–Crippen LogP) is 2.96. The molecule has 4 saturated carbocycles. The fraction of sp³-hybridized carbons (Fsp3) is 0.800. The van der Waals surface area contributed by atoms with E-state index < -0.39 is 17.1 Å². The van der Waals surface area contributed by atoms with Crippen LogP contribution in [0.25, 0.3) is 0 Å². The van der Waals surface area contributed by atoms with Crippen molar-refractivity contribution in [2.45, 2.75) is 76.9 Å². The third kappa shape index (κ3) is 2.03. The molecule has 0 aromatic rings. The number of fused-ring (bicyclic) bond motifs is 4. The van der Waals surface area contributed by atoms with Crippen molar-refractivity contribution in [2.75, 3.05) is 7.11 Å². The van der Waals surface area contributed by atoms with Gasteiger partial charge in [-0.05, 0) is 73.2 Å². The van der Waals surface area contributed by atoms with Crippen LogP contribution in [0.4, 0.5) is 0 Å². The number of esters is 2. The summed E-state index contributed by atoms with van der Waals surface area (Å²) in [6.07, 6.45) is 6.62. The summed E-state index contributed by atoms with van der Waals surface area (Å²) >= 11 is 0. The van der Waals surface area contributed by atoms with Gasteiger partial charge in [0.05, 0.1) is 19.1 Å². The van der Waals surface area contributed by atoms with Crippen LogP contribution in [0.2, 0.25) is 0 Å². The Bertz CT molecular complexity index is 938. The largest absolute Gasteiger partial charge is 0.469 e. The Morgan fingerprint density at radius 1 is 1.16 bits per heavy atom. The molecule has 5 aliphatic carbocycles. The lowest BCUT2D eigenvalue weighted by molar-refractivity contribution is -0.209. The minimum atomic E-state index is -0.622. The first-order chi connectivity index (χ1) is 14.6. The molecule has 2 spiro atoms. The van der Waals surface area contributed by atoms with Crippen LogP contribution in [0.5, 0.6) is 0 Å². The number of ether oxygens (including phenoxy) is 2. The van der Waals surface area contributed by atoms with E-state index in [1.54, 1.807) is 6.08 Å². The average Bonchev–Trinajstić information content (AvgIpc) is 3.28. The van der Waals surface area contributed by atoms with Gasteiger partial charge in [-0.1, -0.05) is 19.4 Å². The molecule has 6 rings (SSSR count). The van der Waals surface area contributed by atoms with E-state index in [-0.39, 0.29) is 52.2 Å². The van der Waals surface area contributed by atoms with E-state index in [1.807, 2.05) is 0 Å². The van der Waals surface area contributed by atoms with E-state index in [2.05, 4.69) is 13.8 Å². The molecule has 5 unspecified atom stereocenters. The number of aliphatic hydroxyl groups excluding tert-OH is 1. The fourth-order valence-electron chi connectivity index (χ4n) is 9.54. The van der Waals surface area contributed by atoms with Gasteiger partial charge < -0.3 is 14.6 Å². The molecule has 1 heterocycles. The maximum Gasteiger partial charge on any atom is 0.309 e. The van der Waals surface area contributed by atoms with Crippen LogP contribution < -0.4 is 0 Å². The lowest BCUT2D eigenvalue weighted by Gasteiger charge is -2.62. The molecule has 0 amide bonds. The monoisotopic (exact) mass is 428 g/mol. The summed E-state index contributed by atoms with van der Waals surface area (Å²) in [5.41, 5.74) is -0.459. The second kappa shape index (κ2) is 5.81.